The van der Waals surface area contributed by atoms with E-state index in [-0.39, 0.29) is 10.1 Å². The van der Waals surface area contributed by atoms with Crippen LogP contribution in [0.3, 0.4) is 0 Å². The molecule has 7 heteroatoms. The third-order valence-corrected chi connectivity index (χ3v) is 4.54. The number of carboxylic acids is 1. The lowest BCUT2D eigenvalue weighted by atomic mass is 10.2. The van der Waals surface area contributed by atoms with Crippen molar-refractivity contribution in [3.05, 3.63) is 64.1 Å². The molecule has 1 aromatic carbocycles. The Balaban J connectivity index is 2.00. The minimum absolute atomic E-state index is 0.122. The number of aliphatic carboxylic acids is 1. The van der Waals surface area contributed by atoms with Crippen LogP contribution in [0.4, 0.5) is 0 Å². The first-order valence-corrected chi connectivity index (χ1v) is 8.44. The molecule has 1 N–H and O–H groups in total. The van der Waals surface area contributed by atoms with Crippen LogP contribution in [0.5, 0.6) is 0 Å². The Morgan fingerprint density at radius 2 is 1.92 bits per heavy atom. The van der Waals surface area contributed by atoms with E-state index < -0.39 is 5.97 Å². The Kier molecular flexibility index (Phi) is 4.76. The van der Waals surface area contributed by atoms with Gasteiger partial charge >= 0.3 is 5.97 Å². The van der Waals surface area contributed by atoms with Crippen molar-refractivity contribution < 1.29 is 14.3 Å². The summed E-state index contributed by atoms with van der Waals surface area (Å²) >= 11 is 0.944. The summed E-state index contributed by atoms with van der Waals surface area (Å²) < 4.78 is 7.35. The molecule has 0 aliphatic rings. The highest BCUT2D eigenvalue weighted by atomic mass is 32.2. The zero-order valence-corrected chi connectivity index (χ0v) is 14.9. The number of thioether (sulfide) groups is 1. The van der Waals surface area contributed by atoms with Crippen LogP contribution in [0.2, 0.25) is 0 Å². The average Bonchev–Trinajstić information content (AvgIpc) is 3.11. The average molecular weight is 355 g/mol. The van der Waals surface area contributed by atoms with E-state index in [1.54, 1.807) is 13.0 Å². The highest BCUT2D eigenvalue weighted by Crippen LogP contribution is 2.30. The van der Waals surface area contributed by atoms with Gasteiger partial charge in [0.1, 0.15) is 4.91 Å². The Morgan fingerprint density at radius 1 is 1.20 bits per heavy atom. The van der Waals surface area contributed by atoms with Gasteiger partial charge in [0.15, 0.2) is 0 Å². The summed E-state index contributed by atoms with van der Waals surface area (Å²) in [6.07, 6.45) is 1.63. The first-order valence-electron chi connectivity index (χ1n) is 7.63. The molecule has 6 nitrogen and oxygen atoms in total. The fourth-order valence-corrected chi connectivity index (χ4v) is 3.30. The van der Waals surface area contributed by atoms with Crippen LogP contribution in [0.25, 0.3) is 11.8 Å². The van der Waals surface area contributed by atoms with Gasteiger partial charge in [-0.05, 0) is 55.4 Å². The number of rotatable bonds is 5. The predicted octanol–water partition coefficient (Wildman–Crippen LogP) is 4.00. The molecule has 0 atom stereocenters. The Morgan fingerprint density at radius 3 is 2.52 bits per heavy atom. The summed E-state index contributed by atoms with van der Waals surface area (Å²) in [4.78, 5) is 11.7. The van der Waals surface area contributed by atoms with Crippen molar-refractivity contribution in [2.24, 2.45) is 0 Å². The van der Waals surface area contributed by atoms with Gasteiger partial charge in [-0.25, -0.2) is 4.79 Å². The van der Waals surface area contributed by atoms with Crippen molar-refractivity contribution in [2.75, 3.05) is 0 Å². The van der Waals surface area contributed by atoms with Gasteiger partial charge in [0.25, 0.3) is 5.22 Å². The molecule has 0 saturated heterocycles. The van der Waals surface area contributed by atoms with Crippen molar-refractivity contribution in [1.82, 2.24) is 14.8 Å². The normalized spacial score (nSPS) is 11.7. The molecule has 2 heterocycles. The van der Waals surface area contributed by atoms with Crippen LogP contribution in [0, 0.1) is 20.8 Å². The lowest BCUT2D eigenvalue weighted by molar-refractivity contribution is -0.131. The second-order valence-electron chi connectivity index (χ2n) is 5.50. The second kappa shape index (κ2) is 6.98. The van der Waals surface area contributed by atoms with Gasteiger partial charge in [0, 0.05) is 24.0 Å². The quantitative estimate of drug-likeness (QED) is 0.550. The summed E-state index contributed by atoms with van der Waals surface area (Å²) in [7, 11) is 0. The fourth-order valence-electron chi connectivity index (χ4n) is 2.60. The number of aromatic nitrogens is 3. The first kappa shape index (κ1) is 17.0. The molecular formula is C18H17N3O3S. The highest BCUT2D eigenvalue weighted by molar-refractivity contribution is 8.03. The molecular weight excluding hydrogens is 338 g/mol. The molecule has 0 unspecified atom stereocenters. The number of para-hydroxylation sites is 1. The Bertz CT molecular complexity index is 942. The maximum Gasteiger partial charge on any atom is 0.342 e. The van der Waals surface area contributed by atoms with Gasteiger partial charge in [-0.15, -0.1) is 10.2 Å². The standard InChI is InChI=1S/C18H17N3O3S/c1-11-9-14(12(2)21(11)15-7-5-4-6-8-15)10-16(17(22)23)25-18-20-19-13(3)24-18/h4-10H,1-3H3,(H,22,23)/b16-10-. The molecule has 0 fully saturated rings. The number of nitrogens with zero attached hydrogens (tertiary/aromatic N) is 3. The largest absolute Gasteiger partial charge is 0.477 e. The van der Waals surface area contributed by atoms with Crippen molar-refractivity contribution in [3.8, 4) is 5.69 Å². The molecule has 0 aliphatic heterocycles. The van der Waals surface area contributed by atoms with Gasteiger partial charge in [-0.1, -0.05) is 18.2 Å². The van der Waals surface area contributed by atoms with Crippen LogP contribution >= 0.6 is 11.8 Å². The van der Waals surface area contributed by atoms with Crippen molar-refractivity contribution >= 4 is 23.8 Å². The van der Waals surface area contributed by atoms with Gasteiger partial charge in [0.2, 0.25) is 5.89 Å². The second-order valence-corrected chi connectivity index (χ2v) is 6.49. The van der Waals surface area contributed by atoms with Crippen molar-refractivity contribution in [1.29, 1.82) is 0 Å². The molecule has 0 spiro atoms. The monoisotopic (exact) mass is 355 g/mol. The molecule has 0 saturated carbocycles. The molecule has 3 rings (SSSR count). The smallest absolute Gasteiger partial charge is 0.342 e. The number of hydrogen-bond acceptors (Lipinski definition) is 5. The lowest BCUT2D eigenvalue weighted by Gasteiger charge is -2.09. The minimum Gasteiger partial charge on any atom is -0.477 e. The summed E-state index contributed by atoms with van der Waals surface area (Å²) in [5, 5.41) is 17.3. The molecule has 0 radical (unpaired) electrons. The SMILES string of the molecule is Cc1nnc(S/C(=C\c2cc(C)n(-c3ccccc3)c2C)C(=O)O)o1. The van der Waals surface area contributed by atoms with E-state index >= 15 is 0 Å². The van der Waals surface area contributed by atoms with Crippen LogP contribution < -0.4 is 0 Å². The van der Waals surface area contributed by atoms with E-state index in [0.717, 1.165) is 34.4 Å². The van der Waals surface area contributed by atoms with Gasteiger partial charge in [-0.2, -0.15) is 0 Å². The van der Waals surface area contributed by atoms with Crippen LogP contribution in [-0.2, 0) is 4.79 Å². The molecule has 3 aromatic rings. The minimum atomic E-state index is -1.04. The summed E-state index contributed by atoms with van der Waals surface area (Å²) in [5.74, 6) is -0.639. The predicted molar refractivity (Wildman–Crippen MR) is 95.7 cm³/mol. The third-order valence-electron chi connectivity index (χ3n) is 3.69. The fraction of sp³-hybridized carbons (Fsp3) is 0.167. The van der Waals surface area contributed by atoms with E-state index in [0.29, 0.717) is 5.89 Å². The zero-order chi connectivity index (χ0) is 18.0. The molecule has 0 bridgehead atoms. The van der Waals surface area contributed by atoms with Crippen LogP contribution in [0.15, 0.2) is 50.9 Å². The first-order chi connectivity index (χ1) is 12.0. The zero-order valence-electron chi connectivity index (χ0n) is 14.1. The molecule has 128 valence electrons. The number of carbonyl (C=O) groups is 1. The molecule has 2 aromatic heterocycles. The molecule has 0 aliphatic carbocycles. The summed E-state index contributed by atoms with van der Waals surface area (Å²) in [6.45, 7) is 5.62. The topological polar surface area (TPSA) is 81.2 Å². The molecule has 25 heavy (non-hydrogen) atoms. The van der Waals surface area contributed by atoms with Crippen molar-refractivity contribution in [2.45, 2.75) is 26.0 Å². The summed E-state index contributed by atoms with van der Waals surface area (Å²) in [5.41, 5.74) is 3.86. The van der Waals surface area contributed by atoms with Crippen LogP contribution in [-0.4, -0.2) is 25.8 Å². The Labute approximate surface area is 149 Å². The number of hydrogen-bond donors (Lipinski definition) is 1. The van der Waals surface area contributed by atoms with Gasteiger partial charge in [-0.3, -0.25) is 0 Å². The number of aryl methyl sites for hydroxylation is 2. The summed E-state index contributed by atoms with van der Waals surface area (Å²) in [6, 6.07) is 11.9. The maximum absolute atomic E-state index is 11.6. The number of carboxylic acid groups (broad SMARTS) is 1. The van der Waals surface area contributed by atoms with Crippen LogP contribution in [0.1, 0.15) is 22.8 Å². The van der Waals surface area contributed by atoms with Gasteiger partial charge in [0.05, 0.1) is 0 Å². The maximum atomic E-state index is 11.6. The number of benzene rings is 1. The lowest BCUT2D eigenvalue weighted by Crippen LogP contribution is -1.99. The van der Waals surface area contributed by atoms with E-state index in [2.05, 4.69) is 14.8 Å². The molecule has 0 amide bonds. The van der Waals surface area contributed by atoms with E-state index in [1.807, 2.05) is 50.2 Å². The third kappa shape index (κ3) is 3.66. The highest BCUT2D eigenvalue weighted by Gasteiger charge is 2.16. The Hall–Kier alpha value is -2.80. The van der Waals surface area contributed by atoms with Gasteiger partial charge < -0.3 is 14.1 Å². The van der Waals surface area contributed by atoms with E-state index in [9.17, 15) is 9.90 Å². The van der Waals surface area contributed by atoms with E-state index in [4.69, 9.17) is 4.42 Å². The van der Waals surface area contributed by atoms with Crippen molar-refractivity contribution in [3.63, 3.8) is 0 Å². The van der Waals surface area contributed by atoms with E-state index in [1.165, 1.54) is 0 Å².